The Hall–Kier alpha value is -3.07. The minimum atomic E-state index is -0.251. The summed E-state index contributed by atoms with van der Waals surface area (Å²) in [6.07, 6.45) is 4.19. The number of rotatable bonds is 7. The van der Waals surface area contributed by atoms with E-state index in [0.717, 1.165) is 35.7 Å². The Morgan fingerprint density at radius 2 is 2.03 bits per heavy atom. The quantitative estimate of drug-likeness (QED) is 0.709. The van der Waals surface area contributed by atoms with Gasteiger partial charge in [0.1, 0.15) is 6.10 Å². The van der Waals surface area contributed by atoms with E-state index in [0.29, 0.717) is 51.5 Å². The molecule has 0 bridgehead atoms. The maximum absolute atomic E-state index is 12.7. The second-order valence-corrected chi connectivity index (χ2v) is 8.36. The molecular formula is C23H30N6O3. The van der Waals surface area contributed by atoms with E-state index in [2.05, 4.69) is 20.3 Å². The highest BCUT2D eigenvalue weighted by molar-refractivity contribution is 5.78. The molecule has 0 radical (unpaired) electrons. The number of carbonyl (C=O) groups is 2. The predicted molar refractivity (Wildman–Crippen MR) is 119 cm³/mol. The first-order valence-electron chi connectivity index (χ1n) is 11.2. The number of aromatic nitrogens is 3. The third-order valence-corrected chi connectivity index (χ3v) is 5.76. The molecule has 170 valence electrons. The highest BCUT2D eigenvalue weighted by Gasteiger charge is 2.26. The molecule has 2 aromatic heterocycles. The predicted octanol–water partition coefficient (Wildman–Crippen LogP) is 2.53. The van der Waals surface area contributed by atoms with Gasteiger partial charge in [0.2, 0.25) is 17.8 Å². The second kappa shape index (κ2) is 10.0. The summed E-state index contributed by atoms with van der Waals surface area (Å²) in [5.74, 6) is 0.852. The van der Waals surface area contributed by atoms with Gasteiger partial charge < -0.3 is 19.9 Å². The lowest BCUT2D eigenvalue weighted by atomic mass is 10.1. The van der Waals surface area contributed by atoms with Crippen molar-refractivity contribution in [1.82, 2.24) is 24.8 Å². The number of ether oxygens (including phenoxy) is 1. The van der Waals surface area contributed by atoms with Gasteiger partial charge in [0, 0.05) is 43.9 Å². The van der Waals surface area contributed by atoms with Crippen molar-refractivity contribution in [1.29, 1.82) is 0 Å². The normalized spacial score (nSPS) is 18.8. The van der Waals surface area contributed by atoms with Crippen LogP contribution in [0.5, 0.6) is 0 Å². The third kappa shape index (κ3) is 5.59. The Kier molecular flexibility index (Phi) is 6.94. The molecule has 0 aromatic carbocycles. The number of hydrogen-bond acceptors (Lipinski definition) is 7. The highest BCUT2D eigenvalue weighted by Crippen LogP contribution is 2.23. The second-order valence-electron chi connectivity index (χ2n) is 8.36. The van der Waals surface area contributed by atoms with Crippen molar-refractivity contribution in [2.45, 2.75) is 45.6 Å². The van der Waals surface area contributed by atoms with Crippen molar-refractivity contribution in [3.05, 3.63) is 41.5 Å². The van der Waals surface area contributed by atoms with E-state index in [1.165, 1.54) is 0 Å². The number of anilines is 2. The van der Waals surface area contributed by atoms with Gasteiger partial charge in [-0.25, -0.2) is 9.97 Å². The van der Waals surface area contributed by atoms with E-state index >= 15 is 0 Å². The number of aryl methyl sites for hydroxylation is 2. The number of amides is 2. The lowest BCUT2D eigenvalue weighted by Gasteiger charge is -2.33. The van der Waals surface area contributed by atoms with E-state index in [4.69, 9.17) is 4.74 Å². The molecule has 2 aromatic rings. The van der Waals surface area contributed by atoms with Gasteiger partial charge in [-0.2, -0.15) is 0 Å². The average Bonchev–Trinajstić information content (AvgIpc) is 3.18. The van der Waals surface area contributed by atoms with Gasteiger partial charge in [0.15, 0.2) is 0 Å². The first-order valence-corrected chi connectivity index (χ1v) is 11.2. The number of pyridine rings is 1. The molecule has 2 amide bonds. The zero-order valence-corrected chi connectivity index (χ0v) is 18.7. The van der Waals surface area contributed by atoms with Crippen LogP contribution in [0, 0.1) is 13.8 Å². The number of likely N-dealkylation sites (tertiary alicyclic amines) is 1. The summed E-state index contributed by atoms with van der Waals surface area (Å²) in [7, 11) is 0. The molecule has 2 aliphatic rings. The number of carbonyl (C=O) groups excluding carboxylic acids is 2. The fraction of sp³-hybridized carbons (Fsp3) is 0.522. The van der Waals surface area contributed by atoms with E-state index in [9.17, 15) is 9.59 Å². The molecule has 9 heteroatoms. The largest absolute Gasteiger partial charge is 0.368 e. The molecule has 2 fully saturated rings. The van der Waals surface area contributed by atoms with Gasteiger partial charge in [-0.15, -0.1) is 0 Å². The Balaban J connectivity index is 1.29. The Bertz CT molecular complexity index is 944. The summed E-state index contributed by atoms with van der Waals surface area (Å²) in [6, 6.07) is 5.75. The van der Waals surface area contributed by atoms with Crippen LogP contribution in [0.4, 0.5) is 11.6 Å². The van der Waals surface area contributed by atoms with Crippen molar-refractivity contribution in [3.63, 3.8) is 0 Å². The summed E-state index contributed by atoms with van der Waals surface area (Å²) in [5, 5.41) is 3.17. The summed E-state index contributed by atoms with van der Waals surface area (Å²) < 4.78 is 5.88. The molecule has 32 heavy (non-hydrogen) atoms. The molecule has 2 aliphatic heterocycles. The molecular weight excluding hydrogens is 408 g/mol. The standard InChI is InChI=1S/C23H30N6O3/c1-16-13-17(2)26-23(25-16)27-18-7-8-19(24-14-18)20-15-29(11-12-32-20)22(31)6-4-10-28-9-3-5-21(28)30/h7-8,13-14,20H,3-6,9-12,15H2,1-2H3,(H,25,26,27)/t20-/m1/s1. The Morgan fingerprint density at radius 3 is 2.72 bits per heavy atom. The first-order chi connectivity index (χ1) is 15.5. The van der Waals surface area contributed by atoms with Crippen LogP contribution < -0.4 is 5.32 Å². The molecule has 9 nitrogen and oxygen atoms in total. The molecule has 0 aliphatic carbocycles. The molecule has 4 rings (SSSR count). The maximum Gasteiger partial charge on any atom is 0.227 e. The smallest absolute Gasteiger partial charge is 0.227 e. The van der Waals surface area contributed by atoms with Crippen LogP contribution in [0.25, 0.3) is 0 Å². The molecule has 0 unspecified atom stereocenters. The van der Waals surface area contributed by atoms with Gasteiger partial charge in [-0.3, -0.25) is 14.6 Å². The zero-order chi connectivity index (χ0) is 22.5. The minimum Gasteiger partial charge on any atom is -0.368 e. The van der Waals surface area contributed by atoms with Gasteiger partial charge in [-0.1, -0.05) is 0 Å². The molecule has 1 N–H and O–H groups in total. The van der Waals surface area contributed by atoms with E-state index < -0.39 is 0 Å². The minimum absolute atomic E-state index is 0.107. The van der Waals surface area contributed by atoms with E-state index in [1.54, 1.807) is 6.20 Å². The van der Waals surface area contributed by atoms with E-state index in [1.807, 2.05) is 41.8 Å². The van der Waals surface area contributed by atoms with Crippen molar-refractivity contribution in [2.75, 3.05) is 38.1 Å². The average molecular weight is 439 g/mol. The van der Waals surface area contributed by atoms with Crippen LogP contribution in [-0.4, -0.2) is 69.4 Å². The van der Waals surface area contributed by atoms with Crippen LogP contribution in [0.2, 0.25) is 0 Å². The van der Waals surface area contributed by atoms with Crippen molar-refractivity contribution >= 4 is 23.5 Å². The molecule has 0 spiro atoms. The van der Waals surface area contributed by atoms with Crippen LogP contribution in [0.15, 0.2) is 24.4 Å². The van der Waals surface area contributed by atoms with Gasteiger partial charge in [0.25, 0.3) is 0 Å². The summed E-state index contributed by atoms with van der Waals surface area (Å²) in [5.41, 5.74) is 3.38. The number of hydrogen-bond donors (Lipinski definition) is 1. The molecule has 1 atom stereocenters. The molecule has 0 saturated carbocycles. The van der Waals surface area contributed by atoms with Crippen molar-refractivity contribution in [2.24, 2.45) is 0 Å². The fourth-order valence-corrected chi connectivity index (χ4v) is 4.16. The third-order valence-electron chi connectivity index (χ3n) is 5.76. The molecule has 2 saturated heterocycles. The van der Waals surface area contributed by atoms with Gasteiger partial charge in [-0.05, 0) is 44.9 Å². The van der Waals surface area contributed by atoms with Crippen LogP contribution >= 0.6 is 0 Å². The number of morpholine rings is 1. The maximum atomic E-state index is 12.7. The lowest BCUT2D eigenvalue weighted by Crippen LogP contribution is -2.42. The highest BCUT2D eigenvalue weighted by atomic mass is 16.5. The Labute approximate surface area is 188 Å². The van der Waals surface area contributed by atoms with E-state index in [-0.39, 0.29) is 17.9 Å². The topological polar surface area (TPSA) is 101 Å². The monoisotopic (exact) mass is 438 g/mol. The Morgan fingerprint density at radius 1 is 1.22 bits per heavy atom. The fourth-order valence-electron chi connectivity index (χ4n) is 4.16. The van der Waals surface area contributed by atoms with Crippen LogP contribution in [0.3, 0.4) is 0 Å². The summed E-state index contributed by atoms with van der Waals surface area (Å²) in [4.78, 5) is 41.4. The summed E-state index contributed by atoms with van der Waals surface area (Å²) in [6.45, 7) is 6.90. The van der Waals surface area contributed by atoms with Crippen LogP contribution in [0.1, 0.15) is 48.9 Å². The SMILES string of the molecule is Cc1cc(C)nc(Nc2ccc([C@H]3CN(C(=O)CCCN4CCCC4=O)CCO3)nc2)n1. The molecule has 4 heterocycles. The van der Waals surface area contributed by atoms with Crippen molar-refractivity contribution in [3.8, 4) is 0 Å². The van der Waals surface area contributed by atoms with Gasteiger partial charge in [0.05, 0.1) is 30.7 Å². The van der Waals surface area contributed by atoms with Gasteiger partial charge >= 0.3 is 0 Å². The number of nitrogens with one attached hydrogen (secondary N) is 1. The zero-order valence-electron chi connectivity index (χ0n) is 18.7. The summed E-state index contributed by atoms with van der Waals surface area (Å²) >= 11 is 0. The van der Waals surface area contributed by atoms with Crippen LogP contribution in [-0.2, 0) is 14.3 Å². The number of nitrogens with zero attached hydrogens (tertiary/aromatic N) is 5. The lowest BCUT2D eigenvalue weighted by molar-refractivity contribution is -0.139. The first kappa shape index (κ1) is 22.1. The van der Waals surface area contributed by atoms with Crippen molar-refractivity contribution < 1.29 is 14.3 Å².